The molecule has 0 aliphatic rings. The molecule has 0 aliphatic heterocycles. The molecule has 2 aromatic carbocycles. The van der Waals surface area contributed by atoms with Crippen molar-refractivity contribution in [2.45, 2.75) is 13.3 Å². The molecule has 0 saturated heterocycles. The van der Waals surface area contributed by atoms with Gasteiger partial charge in [0.15, 0.2) is 0 Å². The van der Waals surface area contributed by atoms with Gasteiger partial charge >= 0.3 is 11.9 Å². The fourth-order valence-corrected chi connectivity index (χ4v) is 2.20. The number of benzene rings is 2. The lowest BCUT2D eigenvalue weighted by molar-refractivity contribution is -0.114. The van der Waals surface area contributed by atoms with Crippen molar-refractivity contribution >= 4 is 29.2 Å². The summed E-state index contributed by atoms with van der Waals surface area (Å²) >= 11 is 0. The Morgan fingerprint density at radius 1 is 0.852 bits per heavy atom. The van der Waals surface area contributed by atoms with E-state index in [1.807, 2.05) is 6.92 Å². The monoisotopic (exact) mass is 370 g/mol. The minimum atomic E-state index is -0.415. The summed E-state index contributed by atoms with van der Waals surface area (Å²) in [5.74, 6) is -1.04. The van der Waals surface area contributed by atoms with Crippen LogP contribution in [0.25, 0.3) is 0 Å². The Hall–Kier alpha value is -3.35. The third kappa shape index (κ3) is 6.14. The molecule has 2 N–H and O–H groups in total. The van der Waals surface area contributed by atoms with E-state index in [4.69, 9.17) is 4.74 Å². The zero-order valence-electron chi connectivity index (χ0n) is 15.3. The van der Waals surface area contributed by atoms with E-state index in [2.05, 4.69) is 15.4 Å². The first-order chi connectivity index (χ1) is 13.0. The Balaban J connectivity index is 1.83. The number of ether oxygens (including phenoxy) is 2. The van der Waals surface area contributed by atoms with Crippen LogP contribution in [0.3, 0.4) is 0 Å². The molecule has 0 aromatic heterocycles. The van der Waals surface area contributed by atoms with E-state index in [9.17, 15) is 14.4 Å². The predicted octanol–water partition coefficient (Wildman–Crippen LogP) is 3.09. The topological polar surface area (TPSA) is 93.7 Å². The summed E-state index contributed by atoms with van der Waals surface area (Å²) in [7, 11) is 1.32. The van der Waals surface area contributed by atoms with E-state index < -0.39 is 5.97 Å². The highest BCUT2D eigenvalue weighted by Crippen LogP contribution is 2.12. The summed E-state index contributed by atoms with van der Waals surface area (Å²) in [5.41, 5.74) is 2.15. The van der Waals surface area contributed by atoms with Gasteiger partial charge in [-0.05, 0) is 55.0 Å². The van der Waals surface area contributed by atoms with Crippen molar-refractivity contribution in [1.82, 2.24) is 0 Å². The molecule has 0 bridgehead atoms. The maximum Gasteiger partial charge on any atom is 0.338 e. The van der Waals surface area contributed by atoms with Crippen LogP contribution in [0.15, 0.2) is 48.5 Å². The SMILES string of the molecule is CCCOC(=O)c1ccc(NC(=O)CNc2ccc(C(=O)OC)cc2)cc1. The molecular formula is C20H22N2O5. The van der Waals surface area contributed by atoms with Gasteiger partial charge in [0.1, 0.15) is 0 Å². The highest BCUT2D eigenvalue weighted by molar-refractivity contribution is 5.95. The average Bonchev–Trinajstić information content (AvgIpc) is 2.70. The van der Waals surface area contributed by atoms with E-state index in [0.717, 1.165) is 6.42 Å². The number of carbonyl (C=O) groups excluding carboxylic acids is 3. The highest BCUT2D eigenvalue weighted by atomic mass is 16.5. The first-order valence-corrected chi connectivity index (χ1v) is 8.52. The predicted molar refractivity (Wildman–Crippen MR) is 102 cm³/mol. The van der Waals surface area contributed by atoms with Crippen molar-refractivity contribution in [2.75, 3.05) is 30.9 Å². The number of hydrogen-bond acceptors (Lipinski definition) is 6. The smallest absolute Gasteiger partial charge is 0.338 e. The summed E-state index contributed by atoms with van der Waals surface area (Å²) in [6.07, 6.45) is 0.762. The van der Waals surface area contributed by atoms with Crippen LogP contribution >= 0.6 is 0 Å². The van der Waals surface area contributed by atoms with Gasteiger partial charge in [0.25, 0.3) is 0 Å². The standard InChI is InChI=1S/C20H22N2O5/c1-3-12-27-20(25)15-6-10-17(11-7-15)22-18(23)13-21-16-8-4-14(5-9-16)19(24)26-2/h4-11,21H,3,12-13H2,1-2H3,(H,22,23). The molecule has 0 radical (unpaired) electrons. The number of hydrogen-bond donors (Lipinski definition) is 2. The summed E-state index contributed by atoms with van der Waals surface area (Å²) in [6.45, 7) is 2.36. The molecule has 0 heterocycles. The van der Waals surface area contributed by atoms with Crippen LogP contribution in [0, 0.1) is 0 Å². The Labute approximate surface area is 157 Å². The highest BCUT2D eigenvalue weighted by Gasteiger charge is 2.08. The van der Waals surface area contributed by atoms with Crippen LogP contribution in [-0.2, 0) is 14.3 Å². The zero-order valence-corrected chi connectivity index (χ0v) is 15.3. The van der Waals surface area contributed by atoms with Crippen LogP contribution in [0.4, 0.5) is 11.4 Å². The first-order valence-electron chi connectivity index (χ1n) is 8.52. The third-order valence-corrected chi connectivity index (χ3v) is 3.60. The van der Waals surface area contributed by atoms with Crippen molar-refractivity contribution in [2.24, 2.45) is 0 Å². The Kier molecular flexibility index (Phi) is 7.37. The number of esters is 2. The normalized spacial score (nSPS) is 10.0. The van der Waals surface area contributed by atoms with Crippen molar-refractivity contribution in [3.05, 3.63) is 59.7 Å². The molecule has 7 nitrogen and oxygen atoms in total. The average molecular weight is 370 g/mol. The minimum absolute atomic E-state index is 0.0534. The summed E-state index contributed by atoms with van der Waals surface area (Å²) in [5, 5.41) is 5.70. The van der Waals surface area contributed by atoms with Crippen molar-refractivity contribution in [3.8, 4) is 0 Å². The molecule has 0 fully saturated rings. The number of methoxy groups -OCH3 is 1. The summed E-state index contributed by atoms with van der Waals surface area (Å²) in [6, 6.07) is 13.1. The fourth-order valence-electron chi connectivity index (χ4n) is 2.20. The van der Waals surface area contributed by atoms with Gasteiger partial charge in [-0.25, -0.2) is 9.59 Å². The number of rotatable bonds is 8. The van der Waals surface area contributed by atoms with Crippen molar-refractivity contribution in [3.63, 3.8) is 0 Å². The van der Waals surface area contributed by atoms with E-state index in [1.165, 1.54) is 7.11 Å². The Bertz CT molecular complexity index is 785. The Morgan fingerprint density at radius 2 is 1.41 bits per heavy atom. The van der Waals surface area contributed by atoms with Gasteiger partial charge in [0, 0.05) is 11.4 Å². The second-order valence-electron chi connectivity index (χ2n) is 5.68. The van der Waals surface area contributed by atoms with Gasteiger partial charge < -0.3 is 20.1 Å². The molecule has 142 valence electrons. The van der Waals surface area contributed by atoms with Crippen LogP contribution in [0.2, 0.25) is 0 Å². The molecule has 7 heteroatoms. The van der Waals surface area contributed by atoms with E-state index in [-0.39, 0.29) is 18.4 Å². The molecule has 0 saturated carbocycles. The van der Waals surface area contributed by atoms with E-state index >= 15 is 0 Å². The molecule has 0 spiro atoms. The summed E-state index contributed by atoms with van der Waals surface area (Å²) in [4.78, 5) is 35.1. The molecule has 0 atom stereocenters. The van der Waals surface area contributed by atoms with Crippen LogP contribution in [-0.4, -0.2) is 38.1 Å². The number of anilines is 2. The van der Waals surface area contributed by atoms with Gasteiger partial charge in [-0.15, -0.1) is 0 Å². The van der Waals surface area contributed by atoms with Crippen LogP contribution in [0.5, 0.6) is 0 Å². The zero-order chi connectivity index (χ0) is 19.6. The maximum atomic E-state index is 12.0. The van der Waals surface area contributed by atoms with Crippen LogP contribution < -0.4 is 10.6 Å². The molecular weight excluding hydrogens is 348 g/mol. The third-order valence-electron chi connectivity index (χ3n) is 3.60. The molecule has 2 aromatic rings. The number of amides is 1. The quantitative estimate of drug-likeness (QED) is 0.694. The molecule has 1 amide bonds. The fraction of sp³-hybridized carbons (Fsp3) is 0.250. The molecule has 2 rings (SSSR count). The first kappa shape index (κ1) is 20.0. The van der Waals surface area contributed by atoms with Crippen molar-refractivity contribution in [1.29, 1.82) is 0 Å². The largest absolute Gasteiger partial charge is 0.465 e. The van der Waals surface area contributed by atoms with Crippen molar-refractivity contribution < 1.29 is 23.9 Å². The van der Waals surface area contributed by atoms with Crippen LogP contribution in [0.1, 0.15) is 34.1 Å². The lowest BCUT2D eigenvalue weighted by Gasteiger charge is -2.09. The minimum Gasteiger partial charge on any atom is -0.465 e. The molecule has 0 unspecified atom stereocenters. The molecule has 27 heavy (non-hydrogen) atoms. The number of nitrogens with one attached hydrogen (secondary N) is 2. The molecule has 0 aliphatic carbocycles. The lowest BCUT2D eigenvalue weighted by atomic mass is 10.2. The van der Waals surface area contributed by atoms with Gasteiger partial charge in [-0.2, -0.15) is 0 Å². The second kappa shape index (κ2) is 9.96. The second-order valence-corrected chi connectivity index (χ2v) is 5.68. The van der Waals surface area contributed by atoms with E-state index in [1.54, 1.807) is 48.5 Å². The van der Waals surface area contributed by atoms with E-state index in [0.29, 0.717) is 29.1 Å². The Morgan fingerprint density at radius 3 is 1.96 bits per heavy atom. The van der Waals surface area contributed by atoms with Gasteiger partial charge in [0.05, 0.1) is 31.4 Å². The van der Waals surface area contributed by atoms with Gasteiger partial charge in [-0.1, -0.05) is 6.92 Å². The van der Waals surface area contributed by atoms with Gasteiger partial charge in [0.2, 0.25) is 5.91 Å². The summed E-state index contributed by atoms with van der Waals surface area (Å²) < 4.78 is 9.68. The maximum absolute atomic E-state index is 12.0. The lowest BCUT2D eigenvalue weighted by Crippen LogP contribution is -2.21. The number of carbonyl (C=O) groups is 3. The van der Waals surface area contributed by atoms with Gasteiger partial charge in [-0.3, -0.25) is 4.79 Å².